The smallest absolute Gasteiger partial charge is 0.303 e. The van der Waals surface area contributed by atoms with Crippen LogP contribution in [0.5, 0.6) is 0 Å². The van der Waals surface area contributed by atoms with Gasteiger partial charge in [0.05, 0.1) is 22.3 Å². The molecule has 0 unspecified atom stereocenters. The van der Waals surface area contributed by atoms with E-state index in [1.165, 1.54) is 0 Å². The van der Waals surface area contributed by atoms with Crippen molar-refractivity contribution in [2.45, 2.75) is 31.6 Å². The van der Waals surface area contributed by atoms with E-state index in [0.717, 1.165) is 41.9 Å². The van der Waals surface area contributed by atoms with Gasteiger partial charge < -0.3 is 9.84 Å². The Labute approximate surface area is 108 Å². The van der Waals surface area contributed by atoms with Crippen LogP contribution < -0.4 is 0 Å². The molecule has 2 N–H and O–H groups in total. The Morgan fingerprint density at radius 2 is 2.24 bits per heavy atom. The first-order valence-corrected chi connectivity index (χ1v) is 6.50. The van der Waals surface area contributed by atoms with Crippen molar-refractivity contribution in [2.24, 2.45) is 0 Å². The van der Waals surface area contributed by atoms with E-state index < -0.39 is 5.97 Å². The van der Waals surface area contributed by atoms with Crippen LogP contribution in [0.25, 0.3) is 0 Å². The van der Waals surface area contributed by atoms with Gasteiger partial charge in [0.15, 0.2) is 0 Å². The highest BCUT2D eigenvalue weighted by Gasteiger charge is 2.22. The van der Waals surface area contributed by atoms with E-state index in [1.54, 1.807) is 0 Å². The second-order valence-electron chi connectivity index (χ2n) is 4.18. The van der Waals surface area contributed by atoms with E-state index in [9.17, 15) is 4.79 Å². The molecule has 1 aromatic rings. The Kier molecular flexibility index (Phi) is 4.17. The van der Waals surface area contributed by atoms with E-state index in [4.69, 9.17) is 9.84 Å². The van der Waals surface area contributed by atoms with Crippen molar-refractivity contribution in [1.82, 2.24) is 10.2 Å². The second-order valence-corrected chi connectivity index (χ2v) is 4.97. The Balaban J connectivity index is 2.05. The number of nitrogens with zero attached hydrogens (tertiary/aromatic N) is 1. The van der Waals surface area contributed by atoms with Crippen LogP contribution in [-0.2, 0) is 16.0 Å². The van der Waals surface area contributed by atoms with Crippen molar-refractivity contribution in [3.63, 3.8) is 0 Å². The van der Waals surface area contributed by atoms with Crippen molar-refractivity contribution in [2.75, 3.05) is 13.2 Å². The first-order valence-electron chi connectivity index (χ1n) is 5.70. The highest BCUT2D eigenvalue weighted by molar-refractivity contribution is 9.10. The van der Waals surface area contributed by atoms with Crippen LogP contribution in [0.1, 0.15) is 36.6 Å². The molecule has 1 aliphatic heterocycles. The molecule has 2 heterocycles. The van der Waals surface area contributed by atoms with Crippen molar-refractivity contribution in [3.8, 4) is 0 Å². The fraction of sp³-hybridized carbons (Fsp3) is 0.636. The molecule has 17 heavy (non-hydrogen) atoms. The lowest BCUT2D eigenvalue weighted by molar-refractivity contribution is -0.136. The van der Waals surface area contributed by atoms with Gasteiger partial charge >= 0.3 is 5.97 Å². The Morgan fingerprint density at radius 1 is 1.53 bits per heavy atom. The number of carboxylic acid groups (broad SMARTS) is 1. The predicted octanol–water partition coefficient (Wildman–Crippen LogP) is 2.08. The zero-order valence-electron chi connectivity index (χ0n) is 9.41. The Morgan fingerprint density at radius 3 is 2.88 bits per heavy atom. The summed E-state index contributed by atoms with van der Waals surface area (Å²) in [6.07, 6.45) is 2.55. The number of aliphatic carboxylic acids is 1. The van der Waals surface area contributed by atoms with Crippen LogP contribution in [0.4, 0.5) is 0 Å². The number of aromatic amines is 1. The van der Waals surface area contributed by atoms with Crippen molar-refractivity contribution >= 4 is 21.9 Å². The number of ether oxygens (including phenoxy) is 1. The molecule has 1 aliphatic rings. The largest absolute Gasteiger partial charge is 0.481 e. The zero-order valence-corrected chi connectivity index (χ0v) is 11.0. The number of carboxylic acids is 1. The zero-order chi connectivity index (χ0) is 12.3. The van der Waals surface area contributed by atoms with Crippen LogP contribution in [0.15, 0.2) is 4.47 Å². The highest BCUT2D eigenvalue weighted by atomic mass is 79.9. The van der Waals surface area contributed by atoms with Gasteiger partial charge in [0.1, 0.15) is 0 Å². The summed E-state index contributed by atoms with van der Waals surface area (Å²) < 4.78 is 6.25. The van der Waals surface area contributed by atoms with Crippen LogP contribution in [0.3, 0.4) is 0 Å². The van der Waals surface area contributed by atoms with E-state index >= 15 is 0 Å². The maximum Gasteiger partial charge on any atom is 0.303 e. The normalized spacial score (nSPS) is 17.2. The molecule has 6 heteroatoms. The number of aromatic nitrogens is 2. The van der Waals surface area contributed by atoms with Crippen molar-refractivity contribution < 1.29 is 14.6 Å². The lowest BCUT2D eigenvalue weighted by Gasteiger charge is -2.20. The van der Waals surface area contributed by atoms with E-state index in [2.05, 4.69) is 26.1 Å². The standard InChI is InChI=1S/C11H15BrN2O3/c12-10-8(1-2-9(15)16)13-14-11(10)7-3-5-17-6-4-7/h7H,1-6H2,(H,13,14)(H,15,16). The summed E-state index contributed by atoms with van der Waals surface area (Å²) in [5.74, 6) is -0.382. The van der Waals surface area contributed by atoms with Gasteiger partial charge in [0.25, 0.3) is 0 Å². The Bertz CT molecular complexity index is 399. The van der Waals surface area contributed by atoms with Crippen LogP contribution in [0.2, 0.25) is 0 Å². The number of carbonyl (C=O) groups is 1. The average Bonchev–Trinajstić information content (AvgIpc) is 2.69. The Hall–Kier alpha value is -0.880. The van der Waals surface area contributed by atoms with Crippen LogP contribution in [0, 0.1) is 0 Å². The molecule has 0 bridgehead atoms. The third-order valence-electron chi connectivity index (χ3n) is 3.00. The van der Waals surface area contributed by atoms with Crippen LogP contribution in [-0.4, -0.2) is 34.5 Å². The number of hydrogen-bond acceptors (Lipinski definition) is 3. The number of hydrogen-bond donors (Lipinski definition) is 2. The van der Waals surface area contributed by atoms with Gasteiger partial charge in [0.2, 0.25) is 0 Å². The van der Waals surface area contributed by atoms with Gasteiger partial charge in [0, 0.05) is 25.6 Å². The van der Waals surface area contributed by atoms with Gasteiger partial charge in [-0.15, -0.1) is 0 Å². The number of aryl methyl sites for hydroxylation is 1. The molecule has 5 nitrogen and oxygen atoms in total. The van der Waals surface area contributed by atoms with Gasteiger partial charge in [-0.2, -0.15) is 5.10 Å². The maximum atomic E-state index is 10.5. The topological polar surface area (TPSA) is 75.2 Å². The molecule has 0 aromatic carbocycles. The maximum absolute atomic E-state index is 10.5. The SMILES string of the molecule is O=C(O)CCc1[nH]nc(C2CCOCC2)c1Br. The summed E-state index contributed by atoms with van der Waals surface area (Å²) in [7, 11) is 0. The third kappa shape index (κ3) is 3.07. The summed E-state index contributed by atoms with van der Waals surface area (Å²) in [6, 6.07) is 0. The van der Waals surface area contributed by atoms with E-state index in [1.807, 2.05) is 0 Å². The fourth-order valence-corrected chi connectivity index (χ4v) is 2.72. The van der Waals surface area contributed by atoms with Gasteiger partial charge in [-0.1, -0.05) is 0 Å². The van der Waals surface area contributed by atoms with Crippen LogP contribution >= 0.6 is 15.9 Å². The minimum Gasteiger partial charge on any atom is -0.481 e. The molecule has 1 fully saturated rings. The van der Waals surface area contributed by atoms with Crippen molar-refractivity contribution in [1.29, 1.82) is 0 Å². The monoisotopic (exact) mass is 302 g/mol. The quantitative estimate of drug-likeness (QED) is 0.893. The van der Waals surface area contributed by atoms with Gasteiger partial charge in [-0.05, 0) is 28.8 Å². The first-order chi connectivity index (χ1) is 8.18. The van der Waals surface area contributed by atoms with Crippen molar-refractivity contribution in [3.05, 3.63) is 15.9 Å². The molecule has 2 rings (SSSR count). The molecular formula is C11H15BrN2O3. The number of H-pyrrole nitrogens is 1. The molecule has 0 aliphatic carbocycles. The molecule has 1 aromatic heterocycles. The number of halogens is 1. The molecule has 0 amide bonds. The summed E-state index contributed by atoms with van der Waals surface area (Å²) in [4.78, 5) is 10.5. The third-order valence-corrected chi connectivity index (χ3v) is 3.88. The number of rotatable bonds is 4. The lowest BCUT2D eigenvalue weighted by Crippen LogP contribution is -2.14. The average molecular weight is 303 g/mol. The minimum atomic E-state index is -0.792. The number of nitrogens with one attached hydrogen (secondary N) is 1. The summed E-state index contributed by atoms with van der Waals surface area (Å²) >= 11 is 3.51. The van der Waals surface area contributed by atoms with E-state index in [0.29, 0.717) is 12.3 Å². The van der Waals surface area contributed by atoms with Gasteiger partial charge in [-0.25, -0.2) is 0 Å². The highest BCUT2D eigenvalue weighted by Crippen LogP contribution is 2.32. The predicted molar refractivity (Wildman–Crippen MR) is 65.0 cm³/mol. The fourth-order valence-electron chi connectivity index (χ4n) is 2.02. The molecule has 94 valence electrons. The minimum absolute atomic E-state index is 0.119. The summed E-state index contributed by atoms with van der Waals surface area (Å²) in [5.41, 5.74) is 1.88. The lowest BCUT2D eigenvalue weighted by atomic mass is 9.96. The summed E-state index contributed by atoms with van der Waals surface area (Å²) in [5, 5.41) is 15.9. The molecule has 0 spiro atoms. The first kappa shape index (κ1) is 12.6. The van der Waals surface area contributed by atoms with E-state index in [-0.39, 0.29) is 6.42 Å². The van der Waals surface area contributed by atoms with Gasteiger partial charge in [-0.3, -0.25) is 9.89 Å². The summed E-state index contributed by atoms with van der Waals surface area (Å²) in [6.45, 7) is 1.54. The molecule has 1 saturated heterocycles. The second kappa shape index (κ2) is 5.64. The molecular weight excluding hydrogens is 288 g/mol. The molecule has 0 radical (unpaired) electrons. The molecule has 0 atom stereocenters. The molecule has 0 saturated carbocycles.